The molecule has 4 rings (SSSR count). The maximum absolute atomic E-state index is 12.3. The number of carbonyl (C=O) groups excluding carboxylic acids is 1. The third kappa shape index (κ3) is 3.63. The molecule has 11 heteroatoms. The Balaban J connectivity index is 1.62. The Morgan fingerprint density at radius 3 is 2.69 bits per heavy atom. The number of aromatic amines is 1. The number of aromatic nitrogens is 4. The van der Waals surface area contributed by atoms with Crippen LogP contribution in [0.4, 0.5) is 5.95 Å². The van der Waals surface area contributed by atoms with Crippen molar-refractivity contribution in [1.82, 2.24) is 19.5 Å². The van der Waals surface area contributed by atoms with Gasteiger partial charge in [-0.1, -0.05) is 30.3 Å². The number of anilines is 1. The fourth-order valence-electron chi connectivity index (χ4n) is 3.24. The van der Waals surface area contributed by atoms with E-state index in [1.165, 1.54) is 10.9 Å². The number of aliphatic hydroxyl groups excluding tert-OH is 3. The lowest BCUT2D eigenvalue weighted by Crippen LogP contribution is -2.33. The molecule has 3 heterocycles. The van der Waals surface area contributed by atoms with Crippen molar-refractivity contribution >= 4 is 23.0 Å². The van der Waals surface area contributed by atoms with E-state index < -0.39 is 36.7 Å². The van der Waals surface area contributed by atoms with Gasteiger partial charge in [0.1, 0.15) is 18.3 Å². The van der Waals surface area contributed by atoms with Crippen LogP contribution in [0.5, 0.6) is 0 Å². The molecule has 0 saturated carbocycles. The van der Waals surface area contributed by atoms with Gasteiger partial charge in [0.05, 0.1) is 19.4 Å². The van der Waals surface area contributed by atoms with Crippen LogP contribution in [0.3, 0.4) is 0 Å². The van der Waals surface area contributed by atoms with Crippen molar-refractivity contribution in [3.8, 4) is 0 Å². The molecule has 0 radical (unpaired) electrons. The van der Waals surface area contributed by atoms with Gasteiger partial charge in [0.25, 0.3) is 5.56 Å². The Hall–Kier alpha value is -3.12. The zero-order chi connectivity index (χ0) is 20.5. The molecule has 0 bridgehead atoms. The number of benzene rings is 1. The van der Waals surface area contributed by atoms with Crippen LogP contribution in [-0.4, -0.2) is 65.7 Å². The molecule has 1 aliphatic heterocycles. The van der Waals surface area contributed by atoms with Gasteiger partial charge in [-0.25, -0.2) is 4.98 Å². The van der Waals surface area contributed by atoms with Crippen molar-refractivity contribution in [3.63, 3.8) is 0 Å². The quantitative estimate of drug-likeness (QED) is 0.360. The second-order valence-electron chi connectivity index (χ2n) is 6.68. The molecule has 11 nitrogen and oxygen atoms in total. The largest absolute Gasteiger partial charge is 0.394 e. The van der Waals surface area contributed by atoms with Crippen LogP contribution in [0.25, 0.3) is 11.2 Å². The van der Waals surface area contributed by atoms with Gasteiger partial charge in [0.15, 0.2) is 17.4 Å². The molecule has 0 unspecified atom stereocenters. The summed E-state index contributed by atoms with van der Waals surface area (Å²) in [6, 6.07) is 9.07. The van der Waals surface area contributed by atoms with Crippen LogP contribution in [0, 0.1) is 0 Å². The Kier molecular flexibility index (Phi) is 5.11. The fourth-order valence-corrected chi connectivity index (χ4v) is 3.24. The standard InChI is InChI=1S/C18H19N5O6/c24-7-10-13(26)14(27)17(29-10)23-8-19-12-15(23)21-18(22-16(12)28)20-11(25)6-9-4-2-1-3-5-9/h1-5,8,10,13-14,17,24,26-27H,6-7H2,(H2,20,21,22,25,28)/t10-,13-,14+,17-/m1/s1. The molecule has 0 spiro atoms. The molecule has 29 heavy (non-hydrogen) atoms. The Morgan fingerprint density at radius 2 is 2.00 bits per heavy atom. The highest BCUT2D eigenvalue weighted by Gasteiger charge is 2.44. The molecule has 4 atom stereocenters. The Bertz CT molecular complexity index is 1080. The maximum Gasteiger partial charge on any atom is 0.280 e. The zero-order valence-electron chi connectivity index (χ0n) is 15.1. The van der Waals surface area contributed by atoms with Crippen LogP contribution in [0.15, 0.2) is 41.5 Å². The number of hydrogen-bond acceptors (Lipinski definition) is 8. The number of amides is 1. The highest BCUT2D eigenvalue weighted by atomic mass is 16.6. The number of nitrogens with one attached hydrogen (secondary N) is 2. The van der Waals surface area contributed by atoms with E-state index in [1.54, 1.807) is 12.1 Å². The van der Waals surface area contributed by atoms with Crippen molar-refractivity contribution in [3.05, 3.63) is 52.6 Å². The molecular weight excluding hydrogens is 382 g/mol. The van der Waals surface area contributed by atoms with Gasteiger partial charge >= 0.3 is 0 Å². The van der Waals surface area contributed by atoms with Crippen LogP contribution in [0.2, 0.25) is 0 Å². The lowest BCUT2D eigenvalue weighted by molar-refractivity contribution is -0.115. The summed E-state index contributed by atoms with van der Waals surface area (Å²) in [5, 5.41) is 32.0. The average Bonchev–Trinajstić information content (AvgIpc) is 3.24. The van der Waals surface area contributed by atoms with Gasteiger partial charge in [0, 0.05) is 0 Å². The first kappa shape index (κ1) is 19.2. The molecule has 1 saturated heterocycles. The molecule has 152 valence electrons. The minimum atomic E-state index is -1.36. The number of aliphatic hydroxyl groups is 3. The third-order valence-corrected chi connectivity index (χ3v) is 4.69. The first-order chi connectivity index (χ1) is 14.0. The molecule has 1 aliphatic rings. The number of carbonyl (C=O) groups is 1. The fraction of sp³-hybridized carbons (Fsp3) is 0.333. The summed E-state index contributed by atoms with van der Waals surface area (Å²) < 4.78 is 6.74. The van der Waals surface area contributed by atoms with Gasteiger partial charge in [-0.15, -0.1) is 0 Å². The molecular formula is C18H19N5O6. The van der Waals surface area contributed by atoms with Crippen LogP contribution in [-0.2, 0) is 16.0 Å². The Morgan fingerprint density at radius 1 is 1.24 bits per heavy atom. The van der Waals surface area contributed by atoms with E-state index in [2.05, 4.69) is 20.3 Å². The number of H-pyrrole nitrogens is 1. The van der Waals surface area contributed by atoms with Gasteiger partial charge in [0.2, 0.25) is 11.9 Å². The lowest BCUT2D eigenvalue weighted by Gasteiger charge is -2.16. The number of nitrogens with zero attached hydrogens (tertiary/aromatic N) is 3. The number of hydrogen-bond donors (Lipinski definition) is 5. The first-order valence-electron chi connectivity index (χ1n) is 8.91. The molecule has 5 N–H and O–H groups in total. The predicted octanol–water partition coefficient (Wildman–Crippen LogP) is -1.09. The number of fused-ring (bicyclic) bond motifs is 1. The molecule has 1 aromatic carbocycles. The van der Waals surface area contributed by atoms with Crippen molar-refractivity contribution in [2.75, 3.05) is 11.9 Å². The Labute approximate surface area is 163 Å². The minimum absolute atomic E-state index is 0.0243. The molecule has 0 aliphatic carbocycles. The van der Waals surface area contributed by atoms with Gasteiger partial charge in [-0.05, 0) is 5.56 Å². The van der Waals surface area contributed by atoms with E-state index in [4.69, 9.17) is 4.74 Å². The number of imidazole rings is 1. The van der Waals surface area contributed by atoms with E-state index >= 15 is 0 Å². The normalized spacial score (nSPS) is 24.1. The second kappa shape index (κ2) is 7.72. The molecule has 2 aromatic heterocycles. The summed E-state index contributed by atoms with van der Waals surface area (Å²) >= 11 is 0. The van der Waals surface area contributed by atoms with E-state index in [-0.39, 0.29) is 29.4 Å². The minimum Gasteiger partial charge on any atom is -0.394 e. The molecule has 1 fully saturated rings. The topological polar surface area (TPSA) is 163 Å². The van der Waals surface area contributed by atoms with Gasteiger partial charge in [-0.2, -0.15) is 4.98 Å². The highest BCUT2D eigenvalue weighted by molar-refractivity contribution is 5.91. The summed E-state index contributed by atoms with van der Waals surface area (Å²) in [6.07, 6.45) is -3.43. The number of rotatable bonds is 5. The van der Waals surface area contributed by atoms with E-state index in [1.807, 2.05) is 18.2 Å². The second-order valence-corrected chi connectivity index (χ2v) is 6.68. The van der Waals surface area contributed by atoms with Gasteiger partial charge < -0.3 is 20.1 Å². The lowest BCUT2D eigenvalue weighted by atomic mass is 10.1. The monoisotopic (exact) mass is 401 g/mol. The average molecular weight is 401 g/mol. The highest BCUT2D eigenvalue weighted by Crippen LogP contribution is 2.30. The molecule has 1 amide bonds. The van der Waals surface area contributed by atoms with E-state index in [0.717, 1.165) is 5.56 Å². The van der Waals surface area contributed by atoms with Crippen molar-refractivity contribution in [1.29, 1.82) is 0 Å². The van der Waals surface area contributed by atoms with Crippen molar-refractivity contribution in [2.24, 2.45) is 0 Å². The van der Waals surface area contributed by atoms with Gasteiger partial charge in [-0.3, -0.25) is 24.5 Å². The smallest absolute Gasteiger partial charge is 0.280 e. The maximum atomic E-state index is 12.3. The summed E-state index contributed by atoms with van der Waals surface area (Å²) in [5.74, 6) is -0.463. The summed E-state index contributed by atoms with van der Waals surface area (Å²) in [6.45, 7) is -0.490. The summed E-state index contributed by atoms with van der Waals surface area (Å²) in [5.41, 5.74) is 0.239. The number of ether oxygens (including phenoxy) is 1. The zero-order valence-corrected chi connectivity index (χ0v) is 15.1. The van der Waals surface area contributed by atoms with Crippen molar-refractivity contribution < 1.29 is 24.9 Å². The summed E-state index contributed by atoms with van der Waals surface area (Å²) in [4.78, 5) is 35.2. The van der Waals surface area contributed by atoms with Crippen LogP contribution in [0.1, 0.15) is 11.8 Å². The predicted molar refractivity (Wildman–Crippen MR) is 99.9 cm³/mol. The van der Waals surface area contributed by atoms with E-state index in [9.17, 15) is 24.9 Å². The van der Waals surface area contributed by atoms with Crippen LogP contribution >= 0.6 is 0 Å². The first-order valence-corrected chi connectivity index (χ1v) is 8.91. The molecule has 3 aromatic rings. The van der Waals surface area contributed by atoms with E-state index in [0.29, 0.717) is 0 Å². The summed E-state index contributed by atoms with van der Waals surface area (Å²) in [7, 11) is 0. The third-order valence-electron chi connectivity index (χ3n) is 4.69. The SMILES string of the molecule is O=C(Cc1ccccc1)Nc1nc2c(ncn2[C@@H]2O[C@H](CO)[C@@H](O)[C@@H]2O)c(=O)[nH]1. The van der Waals surface area contributed by atoms with Crippen molar-refractivity contribution in [2.45, 2.75) is 31.0 Å². The van der Waals surface area contributed by atoms with Crippen LogP contribution < -0.4 is 10.9 Å².